The van der Waals surface area contributed by atoms with E-state index in [-0.39, 0.29) is 32.3 Å². The molecule has 3 aromatic carbocycles. The molecule has 7 nitrogen and oxygen atoms in total. The maximum absolute atomic E-state index is 12.0. The first-order chi connectivity index (χ1) is 24.6. The van der Waals surface area contributed by atoms with Crippen LogP contribution in [0.25, 0.3) is 22.3 Å². The van der Waals surface area contributed by atoms with E-state index in [1.165, 1.54) is 36.8 Å². The lowest BCUT2D eigenvalue weighted by Crippen LogP contribution is -2.16. The van der Waals surface area contributed by atoms with Gasteiger partial charge in [-0.3, -0.25) is 0 Å². The highest BCUT2D eigenvalue weighted by atomic mass is 16.5. The summed E-state index contributed by atoms with van der Waals surface area (Å²) in [6.07, 6.45) is 8.96. The first-order valence-corrected chi connectivity index (χ1v) is 18.4. The summed E-state index contributed by atoms with van der Waals surface area (Å²) in [5.41, 5.74) is 9.65. The van der Waals surface area contributed by atoms with Crippen molar-refractivity contribution >= 4 is 11.9 Å². The molecule has 0 heterocycles. The molecule has 0 saturated carbocycles. The number of aliphatic hydroxyl groups excluding tert-OH is 2. The molecular formula is C44H58O7. The predicted molar refractivity (Wildman–Crippen MR) is 206 cm³/mol. The van der Waals surface area contributed by atoms with E-state index in [4.69, 9.17) is 14.2 Å². The molecule has 0 saturated heterocycles. The molecular weight excluding hydrogens is 640 g/mol. The van der Waals surface area contributed by atoms with Crippen molar-refractivity contribution in [2.24, 2.45) is 5.92 Å². The van der Waals surface area contributed by atoms with E-state index in [1.54, 1.807) is 13.8 Å². The number of rotatable bonds is 23. The fourth-order valence-electron chi connectivity index (χ4n) is 5.92. The summed E-state index contributed by atoms with van der Waals surface area (Å²) in [5, 5.41) is 19.2. The number of benzene rings is 3. The lowest BCUT2D eigenvalue weighted by molar-refractivity contribution is -0.139. The Labute approximate surface area is 305 Å². The number of hydrogen-bond acceptors (Lipinski definition) is 7. The maximum atomic E-state index is 12.0. The third-order valence-electron chi connectivity index (χ3n) is 9.02. The van der Waals surface area contributed by atoms with Gasteiger partial charge in [0.1, 0.15) is 5.75 Å². The molecule has 0 aliphatic carbocycles. The van der Waals surface area contributed by atoms with Gasteiger partial charge in [0.25, 0.3) is 0 Å². The first kappa shape index (κ1) is 41.2. The van der Waals surface area contributed by atoms with Gasteiger partial charge in [-0.05, 0) is 122 Å². The molecule has 0 fully saturated rings. The highest BCUT2D eigenvalue weighted by Gasteiger charge is 2.17. The van der Waals surface area contributed by atoms with Crippen LogP contribution in [0.3, 0.4) is 0 Å². The second-order valence-electron chi connectivity index (χ2n) is 13.6. The van der Waals surface area contributed by atoms with Gasteiger partial charge in [0, 0.05) is 30.3 Å². The minimum atomic E-state index is -0.415. The van der Waals surface area contributed by atoms with E-state index < -0.39 is 11.9 Å². The Morgan fingerprint density at radius 1 is 0.686 bits per heavy atom. The van der Waals surface area contributed by atoms with Gasteiger partial charge in [-0.1, -0.05) is 81.8 Å². The highest BCUT2D eigenvalue weighted by molar-refractivity contribution is 5.87. The summed E-state index contributed by atoms with van der Waals surface area (Å²) in [4.78, 5) is 24.1. The monoisotopic (exact) mass is 698 g/mol. The number of aliphatic hydroxyl groups is 2. The Kier molecular flexibility index (Phi) is 17.7. The van der Waals surface area contributed by atoms with Crippen LogP contribution < -0.4 is 4.74 Å². The van der Waals surface area contributed by atoms with Gasteiger partial charge in [0.05, 0.1) is 19.8 Å². The molecule has 0 radical (unpaired) electrons. The fourth-order valence-corrected chi connectivity index (χ4v) is 5.92. The Balaban J connectivity index is 1.95. The van der Waals surface area contributed by atoms with Crippen LogP contribution in [0.4, 0.5) is 0 Å². The molecule has 0 aromatic heterocycles. The SMILES string of the molecule is C=C(C)C(=O)OCCCc1cc(-c2ccc(-c3ccc(CCCCCC)cc3)cc2C)cc(CCCOC(=O)C(=C)C)c1OCCC(CO)CO. The molecule has 0 aliphatic rings. The maximum Gasteiger partial charge on any atom is 0.333 e. The van der Waals surface area contributed by atoms with Gasteiger partial charge >= 0.3 is 11.9 Å². The van der Waals surface area contributed by atoms with E-state index >= 15 is 0 Å². The number of hydrogen-bond donors (Lipinski definition) is 2. The molecule has 7 heteroatoms. The first-order valence-electron chi connectivity index (χ1n) is 18.4. The number of aryl methyl sites for hydroxylation is 4. The Morgan fingerprint density at radius 3 is 1.76 bits per heavy atom. The van der Waals surface area contributed by atoms with Crippen LogP contribution in [0.15, 0.2) is 78.9 Å². The van der Waals surface area contributed by atoms with E-state index in [1.807, 2.05) is 0 Å². The molecule has 0 spiro atoms. The van der Waals surface area contributed by atoms with Crippen molar-refractivity contribution in [3.8, 4) is 28.0 Å². The van der Waals surface area contributed by atoms with Crippen LogP contribution in [-0.2, 0) is 38.3 Å². The number of esters is 2. The zero-order valence-electron chi connectivity index (χ0n) is 31.2. The van der Waals surface area contributed by atoms with Crippen molar-refractivity contribution in [1.29, 1.82) is 0 Å². The normalized spacial score (nSPS) is 11.0. The molecule has 51 heavy (non-hydrogen) atoms. The van der Waals surface area contributed by atoms with Crippen LogP contribution in [-0.4, -0.2) is 55.2 Å². The van der Waals surface area contributed by atoms with Crippen molar-refractivity contribution < 1.29 is 34.0 Å². The molecule has 0 aliphatic heterocycles. The van der Waals surface area contributed by atoms with Crippen molar-refractivity contribution in [2.75, 3.05) is 33.0 Å². The second-order valence-corrected chi connectivity index (χ2v) is 13.6. The van der Waals surface area contributed by atoms with Crippen LogP contribution in [0, 0.1) is 12.8 Å². The van der Waals surface area contributed by atoms with Crippen molar-refractivity contribution in [3.63, 3.8) is 0 Å². The van der Waals surface area contributed by atoms with Crippen LogP contribution >= 0.6 is 0 Å². The average Bonchev–Trinajstić information content (AvgIpc) is 3.12. The van der Waals surface area contributed by atoms with E-state index in [0.717, 1.165) is 45.6 Å². The number of unbranched alkanes of at least 4 members (excludes halogenated alkanes) is 3. The second kappa shape index (κ2) is 21.9. The van der Waals surface area contributed by atoms with Gasteiger partial charge in [-0.25, -0.2) is 9.59 Å². The molecule has 3 aromatic rings. The topological polar surface area (TPSA) is 102 Å². The smallest absolute Gasteiger partial charge is 0.333 e. The van der Waals surface area contributed by atoms with Crippen molar-refractivity contribution in [1.82, 2.24) is 0 Å². The lowest BCUT2D eigenvalue weighted by Gasteiger charge is -2.20. The number of carbonyl (C=O) groups is 2. The molecule has 3 rings (SSSR count). The Bertz CT molecular complexity index is 1530. The average molecular weight is 699 g/mol. The quantitative estimate of drug-likeness (QED) is 0.0579. The molecule has 276 valence electrons. The third kappa shape index (κ3) is 13.5. The van der Waals surface area contributed by atoms with Crippen molar-refractivity contribution in [3.05, 3.63) is 101 Å². The molecule has 0 amide bonds. The minimum Gasteiger partial charge on any atom is -0.493 e. The number of ether oxygens (including phenoxy) is 3. The van der Waals surface area contributed by atoms with E-state index in [0.29, 0.717) is 49.9 Å². The zero-order valence-corrected chi connectivity index (χ0v) is 31.2. The lowest BCUT2D eigenvalue weighted by atomic mass is 9.91. The summed E-state index contributed by atoms with van der Waals surface area (Å²) in [6.45, 7) is 15.5. The van der Waals surface area contributed by atoms with E-state index in [2.05, 4.69) is 81.6 Å². The third-order valence-corrected chi connectivity index (χ3v) is 9.02. The summed E-state index contributed by atoms with van der Waals surface area (Å²) >= 11 is 0. The molecule has 0 bridgehead atoms. The van der Waals surface area contributed by atoms with Crippen LogP contribution in [0.1, 0.15) is 88.0 Å². The highest BCUT2D eigenvalue weighted by Crippen LogP contribution is 2.36. The zero-order chi connectivity index (χ0) is 37.2. The van der Waals surface area contributed by atoms with Crippen molar-refractivity contribution in [2.45, 2.75) is 91.9 Å². The molecule has 0 atom stereocenters. The van der Waals surface area contributed by atoms with Gasteiger partial charge in [-0.15, -0.1) is 0 Å². The van der Waals surface area contributed by atoms with Gasteiger partial charge < -0.3 is 24.4 Å². The van der Waals surface area contributed by atoms with Crippen LogP contribution in [0.5, 0.6) is 5.75 Å². The Hall–Kier alpha value is -4.20. The van der Waals surface area contributed by atoms with Crippen LogP contribution in [0.2, 0.25) is 0 Å². The van der Waals surface area contributed by atoms with Gasteiger partial charge in [0.2, 0.25) is 0 Å². The summed E-state index contributed by atoms with van der Waals surface area (Å²) in [7, 11) is 0. The largest absolute Gasteiger partial charge is 0.493 e. The molecule has 0 unspecified atom stereocenters. The fraction of sp³-hybridized carbons (Fsp3) is 0.455. The van der Waals surface area contributed by atoms with Gasteiger partial charge in [-0.2, -0.15) is 0 Å². The molecule has 2 N–H and O–H groups in total. The summed E-state index contributed by atoms with van der Waals surface area (Å²) < 4.78 is 17.2. The minimum absolute atomic E-state index is 0.126. The summed E-state index contributed by atoms with van der Waals surface area (Å²) in [5.74, 6) is -0.375. The summed E-state index contributed by atoms with van der Waals surface area (Å²) in [6, 6.07) is 19.8. The van der Waals surface area contributed by atoms with Gasteiger partial charge in [0.15, 0.2) is 0 Å². The standard InChI is InChI=1S/C44H58O7/c1-7-8-9-10-13-34-16-18-36(19-17-34)37-20-21-41(33(6)26-37)40-27-38(14-11-23-50-43(47)31(2)3)42(49-25-22-35(29-45)30-46)39(28-40)15-12-24-51-44(48)32(4)5/h16-21,26-28,35,45-46H,2,4,7-15,22-25,29-30H2,1,3,5-6H3. The van der Waals surface area contributed by atoms with E-state index in [9.17, 15) is 19.8 Å². The Morgan fingerprint density at radius 2 is 1.25 bits per heavy atom. The predicted octanol–water partition coefficient (Wildman–Crippen LogP) is 8.93. The number of carbonyl (C=O) groups excluding carboxylic acids is 2.